The van der Waals surface area contributed by atoms with E-state index >= 15 is 0 Å². The van der Waals surface area contributed by atoms with E-state index in [1.165, 1.54) is 6.42 Å². The first-order chi connectivity index (χ1) is 10.3. The molecule has 21 heavy (non-hydrogen) atoms. The molecule has 0 radical (unpaired) electrons. The van der Waals surface area contributed by atoms with Crippen LogP contribution in [0, 0.1) is 0 Å². The molecule has 1 aliphatic rings. The van der Waals surface area contributed by atoms with Gasteiger partial charge in [0.1, 0.15) is 0 Å². The molecular formula is C16H18Cl2N2O. The molecule has 1 saturated heterocycles. The molecule has 1 aromatic carbocycles. The molecule has 2 heterocycles. The number of benzene rings is 1. The molecule has 1 aromatic heterocycles. The smallest absolute Gasteiger partial charge is 0.0832 e. The quantitative estimate of drug-likeness (QED) is 0.897. The summed E-state index contributed by atoms with van der Waals surface area (Å²) in [6.45, 7) is 2.55. The lowest BCUT2D eigenvalue weighted by Gasteiger charge is -2.14. The molecule has 3 rings (SSSR count). The molecule has 1 N–H and O–H groups in total. The average Bonchev–Trinajstić information content (AvgIpc) is 3.14. The minimum atomic E-state index is 0.350. The highest BCUT2D eigenvalue weighted by Gasteiger charge is 2.15. The zero-order valence-electron chi connectivity index (χ0n) is 11.7. The summed E-state index contributed by atoms with van der Waals surface area (Å²) in [6, 6.07) is 9.78. The van der Waals surface area contributed by atoms with Gasteiger partial charge in [-0.2, -0.15) is 0 Å². The van der Waals surface area contributed by atoms with Crippen molar-refractivity contribution in [3.05, 3.63) is 52.3 Å². The standard InChI is InChI=1S/C16H18Cl2N2O/c17-14-6-1-7-15(16(14)18)20-8-2-4-12(20)10-19-11-13-5-3-9-21-13/h1-2,4,6-8,13,19H,3,5,9-11H2. The first-order valence-corrected chi connectivity index (χ1v) is 7.94. The van der Waals surface area contributed by atoms with Crippen molar-refractivity contribution in [3.8, 4) is 5.69 Å². The largest absolute Gasteiger partial charge is 0.377 e. The second kappa shape index (κ2) is 6.84. The Balaban J connectivity index is 1.70. The molecule has 0 bridgehead atoms. The second-order valence-electron chi connectivity index (χ2n) is 5.21. The van der Waals surface area contributed by atoms with Crippen molar-refractivity contribution in [3.63, 3.8) is 0 Å². The minimum Gasteiger partial charge on any atom is -0.377 e. The van der Waals surface area contributed by atoms with Gasteiger partial charge in [0.15, 0.2) is 0 Å². The second-order valence-corrected chi connectivity index (χ2v) is 5.99. The Kier molecular flexibility index (Phi) is 4.86. The molecule has 112 valence electrons. The lowest BCUT2D eigenvalue weighted by atomic mass is 10.2. The van der Waals surface area contributed by atoms with Gasteiger partial charge in [0.25, 0.3) is 0 Å². The Morgan fingerprint density at radius 3 is 2.95 bits per heavy atom. The molecular weight excluding hydrogens is 307 g/mol. The molecule has 3 nitrogen and oxygen atoms in total. The van der Waals surface area contributed by atoms with Crippen molar-refractivity contribution in [2.24, 2.45) is 0 Å². The van der Waals surface area contributed by atoms with E-state index in [2.05, 4.69) is 16.0 Å². The maximum absolute atomic E-state index is 6.30. The number of hydrogen-bond donors (Lipinski definition) is 1. The van der Waals surface area contributed by atoms with Crippen LogP contribution in [0.4, 0.5) is 0 Å². The third-order valence-corrected chi connectivity index (χ3v) is 4.53. The van der Waals surface area contributed by atoms with Crippen molar-refractivity contribution < 1.29 is 4.74 Å². The first-order valence-electron chi connectivity index (χ1n) is 7.18. The Hall–Kier alpha value is -1.00. The van der Waals surface area contributed by atoms with Gasteiger partial charge in [-0.15, -0.1) is 0 Å². The number of rotatable bonds is 5. The topological polar surface area (TPSA) is 26.2 Å². The van der Waals surface area contributed by atoms with Gasteiger partial charge in [-0.05, 0) is 37.1 Å². The molecule has 1 fully saturated rings. The van der Waals surface area contributed by atoms with Crippen LogP contribution in [0.1, 0.15) is 18.5 Å². The maximum atomic E-state index is 6.30. The summed E-state index contributed by atoms with van der Waals surface area (Å²) in [4.78, 5) is 0. The molecule has 1 unspecified atom stereocenters. The van der Waals surface area contributed by atoms with Gasteiger partial charge in [0.05, 0.1) is 21.8 Å². The number of aromatic nitrogens is 1. The zero-order valence-corrected chi connectivity index (χ0v) is 13.2. The molecule has 1 atom stereocenters. The predicted molar refractivity (Wildman–Crippen MR) is 86.5 cm³/mol. The van der Waals surface area contributed by atoms with Gasteiger partial charge < -0.3 is 14.6 Å². The van der Waals surface area contributed by atoms with E-state index in [1.54, 1.807) is 6.07 Å². The van der Waals surface area contributed by atoms with Crippen LogP contribution in [0.3, 0.4) is 0 Å². The predicted octanol–water partition coefficient (Wildman–Crippen LogP) is 4.05. The number of nitrogens with one attached hydrogen (secondary N) is 1. The lowest BCUT2D eigenvalue weighted by Crippen LogP contribution is -2.26. The monoisotopic (exact) mass is 324 g/mol. The molecule has 5 heteroatoms. The number of halogens is 2. The fourth-order valence-electron chi connectivity index (χ4n) is 2.64. The van der Waals surface area contributed by atoms with Crippen LogP contribution in [-0.2, 0) is 11.3 Å². The van der Waals surface area contributed by atoms with Crippen LogP contribution in [0.25, 0.3) is 5.69 Å². The van der Waals surface area contributed by atoms with Crippen molar-refractivity contribution in [2.45, 2.75) is 25.5 Å². The SMILES string of the molecule is Clc1cccc(-n2cccc2CNCC2CCCO2)c1Cl. The molecule has 1 aliphatic heterocycles. The van der Waals surface area contributed by atoms with Crippen molar-refractivity contribution in [1.29, 1.82) is 0 Å². The van der Waals surface area contributed by atoms with Crippen LogP contribution < -0.4 is 5.32 Å². The molecule has 0 saturated carbocycles. The molecule has 0 amide bonds. The van der Waals surface area contributed by atoms with Crippen LogP contribution in [0.15, 0.2) is 36.5 Å². The summed E-state index contributed by atoms with van der Waals surface area (Å²) in [5.74, 6) is 0. The molecule has 0 spiro atoms. The molecule has 2 aromatic rings. The Bertz CT molecular complexity index is 606. The Morgan fingerprint density at radius 1 is 1.24 bits per heavy atom. The third-order valence-electron chi connectivity index (χ3n) is 3.73. The van der Waals surface area contributed by atoms with Gasteiger partial charge in [-0.1, -0.05) is 29.3 Å². The summed E-state index contributed by atoms with van der Waals surface area (Å²) in [5, 5.41) is 4.60. The lowest BCUT2D eigenvalue weighted by molar-refractivity contribution is 0.110. The van der Waals surface area contributed by atoms with E-state index in [0.717, 1.165) is 37.5 Å². The highest BCUT2D eigenvalue weighted by Crippen LogP contribution is 2.29. The summed E-state index contributed by atoms with van der Waals surface area (Å²) < 4.78 is 7.68. The van der Waals surface area contributed by atoms with Crippen molar-refractivity contribution >= 4 is 23.2 Å². The minimum absolute atomic E-state index is 0.350. The van der Waals surface area contributed by atoms with Gasteiger partial charge in [0, 0.05) is 31.6 Å². The highest BCUT2D eigenvalue weighted by molar-refractivity contribution is 6.43. The van der Waals surface area contributed by atoms with Gasteiger partial charge >= 0.3 is 0 Å². The Labute approximate surface area is 134 Å². The van der Waals surface area contributed by atoms with E-state index < -0.39 is 0 Å². The fraction of sp³-hybridized carbons (Fsp3) is 0.375. The first kappa shape index (κ1) is 14.9. The highest BCUT2D eigenvalue weighted by atomic mass is 35.5. The van der Waals surface area contributed by atoms with Crippen LogP contribution in [0.2, 0.25) is 10.0 Å². The maximum Gasteiger partial charge on any atom is 0.0832 e. The van der Waals surface area contributed by atoms with Gasteiger partial charge in [-0.3, -0.25) is 0 Å². The summed E-state index contributed by atoms with van der Waals surface area (Å²) in [7, 11) is 0. The van der Waals surface area contributed by atoms with E-state index in [1.807, 2.05) is 24.4 Å². The molecule has 0 aliphatic carbocycles. The van der Waals surface area contributed by atoms with Crippen LogP contribution in [0.5, 0.6) is 0 Å². The van der Waals surface area contributed by atoms with Crippen LogP contribution in [-0.4, -0.2) is 23.8 Å². The zero-order chi connectivity index (χ0) is 14.7. The number of ether oxygens (including phenoxy) is 1. The van der Waals surface area contributed by atoms with E-state index in [0.29, 0.717) is 16.1 Å². The summed E-state index contributed by atoms with van der Waals surface area (Å²) in [5.41, 5.74) is 2.06. The van der Waals surface area contributed by atoms with Gasteiger partial charge in [0.2, 0.25) is 0 Å². The Morgan fingerprint density at radius 2 is 2.14 bits per heavy atom. The third kappa shape index (κ3) is 3.43. The van der Waals surface area contributed by atoms with E-state index in [-0.39, 0.29) is 0 Å². The number of nitrogens with zero attached hydrogens (tertiary/aromatic N) is 1. The number of hydrogen-bond acceptors (Lipinski definition) is 2. The van der Waals surface area contributed by atoms with Crippen molar-refractivity contribution in [2.75, 3.05) is 13.2 Å². The normalized spacial score (nSPS) is 18.3. The summed E-state index contributed by atoms with van der Waals surface area (Å²) in [6.07, 6.45) is 4.67. The summed E-state index contributed by atoms with van der Waals surface area (Å²) >= 11 is 12.4. The van der Waals surface area contributed by atoms with E-state index in [9.17, 15) is 0 Å². The van der Waals surface area contributed by atoms with E-state index in [4.69, 9.17) is 27.9 Å². The van der Waals surface area contributed by atoms with Gasteiger partial charge in [-0.25, -0.2) is 0 Å². The average molecular weight is 325 g/mol. The van der Waals surface area contributed by atoms with Crippen molar-refractivity contribution in [1.82, 2.24) is 9.88 Å². The fourth-order valence-corrected chi connectivity index (χ4v) is 3.03. The van der Waals surface area contributed by atoms with Crippen LogP contribution >= 0.6 is 23.2 Å².